The van der Waals surface area contributed by atoms with Gasteiger partial charge in [-0.3, -0.25) is 14.9 Å². The van der Waals surface area contributed by atoms with Crippen molar-refractivity contribution in [1.82, 2.24) is 10.6 Å². The van der Waals surface area contributed by atoms with Crippen LogP contribution in [0.5, 0.6) is 0 Å². The average Bonchev–Trinajstić information content (AvgIpc) is 2.44. The van der Waals surface area contributed by atoms with Gasteiger partial charge in [0.15, 0.2) is 0 Å². The largest absolute Gasteiger partial charge is 0.348 e. The lowest BCUT2D eigenvalue weighted by molar-refractivity contribution is -0.132. The van der Waals surface area contributed by atoms with E-state index in [1.165, 1.54) is 6.07 Å². The van der Waals surface area contributed by atoms with Crippen molar-refractivity contribution in [2.45, 2.75) is 32.9 Å². The van der Waals surface area contributed by atoms with Crippen LogP contribution in [0, 0.1) is 5.82 Å². The van der Waals surface area contributed by atoms with Gasteiger partial charge in [-0.2, -0.15) is 0 Å². The highest BCUT2D eigenvalue weighted by Crippen LogP contribution is 2.28. The number of piperazine rings is 1. The molecule has 0 spiro atoms. The molecular formula is C15H20FN3O2. The van der Waals surface area contributed by atoms with Gasteiger partial charge >= 0.3 is 0 Å². The number of hydrogen-bond donors (Lipinski definition) is 2. The number of carbonyl (C=O) groups excluding carboxylic acids is 2. The summed E-state index contributed by atoms with van der Waals surface area (Å²) in [7, 11) is 0. The molecule has 0 aromatic heterocycles. The summed E-state index contributed by atoms with van der Waals surface area (Å²) in [5.41, 5.74) is 1.09. The van der Waals surface area contributed by atoms with Crippen molar-refractivity contribution in [1.29, 1.82) is 0 Å². The second kappa shape index (κ2) is 6.67. The van der Waals surface area contributed by atoms with Crippen molar-refractivity contribution in [3.05, 3.63) is 29.6 Å². The summed E-state index contributed by atoms with van der Waals surface area (Å²) in [6, 6.07) is 4.28. The molecular weight excluding hydrogens is 273 g/mol. The molecule has 1 aliphatic heterocycles. The van der Waals surface area contributed by atoms with E-state index in [4.69, 9.17) is 0 Å². The monoisotopic (exact) mass is 293 g/mol. The minimum Gasteiger partial charge on any atom is -0.348 e. The molecule has 6 heteroatoms. The van der Waals surface area contributed by atoms with Gasteiger partial charge < -0.3 is 10.2 Å². The van der Waals surface area contributed by atoms with E-state index in [0.29, 0.717) is 18.7 Å². The van der Waals surface area contributed by atoms with Gasteiger partial charge in [-0.25, -0.2) is 4.39 Å². The van der Waals surface area contributed by atoms with Crippen LogP contribution in [0.2, 0.25) is 0 Å². The number of anilines is 1. The molecule has 21 heavy (non-hydrogen) atoms. The number of para-hydroxylation sites is 1. The van der Waals surface area contributed by atoms with Crippen LogP contribution in [0.25, 0.3) is 0 Å². The first-order valence-corrected chi connectivity index (χ1v) is 7.16. The van der Waals surface area contributed by atoms with Crippen molar-refractivity contribution in [2.75, 3.05) is 18.0 Å². The number of hydrogen-bond acceptors (Lipinski definition) is 4. The second-order valence-electron chi connectivity index (χ2n) is 4.99. The van der Waals surface area contributed by atoms with Gasteiger partial charge in [0.25, 0.3) is 0 Å². The van der Waals surface area contributed by atoms with E-state index in [9.17, 15) is 14.0 Å². The Balaban J connectivity index is 2.42. The van der Waals surface area contributed by atoms with Crippen LogP contribution >= 0.6 is 0 Å². The Bertz CT molecular complexity index is 548. The molecule has 1 aromatic carbocycles. The smallest absolute Gasteiger partial charge is 0.249 e. The molecule has 1 heterocycles. The average molecular weight is 293 g/mol. The van der Waals surface area contributed by atoms with Gasteiger partial charge in [0.2, 0.25) is 11.8 Å². The molecule has 1 aliphatic rings. The molecule has 2 amide bonds. The molecule has 0 radical (unpaired) electrons. The molecule has 1 aromatic rings. The van der Waals surface area contributed by atoms with Crippen LogP contribution in [-0.4, -0.2) is 30.9 Å². The predicted octanol–water partition coefficient (Wildman–Crippen LogP) is 1.18. The van der Waals surface area contributed by atoms with Gasteiger partial charge in [0, 0.05) is 6.54 Å². The Morgan fingerprint density at radius 2 is 2.14 bits per heavy atom. The summed E-state index contributed by atoms with van der Waals surface area (Å²) >= 11 is 0. The zero-order valence-electron chi connectivity index (χ0n) is 12.3. The molecule has 0 aliphatic carbocycles. The highest BCUT2D eigenvalue weighted by molar-refractivity contribution is 6.04. The van der Waals surface area contributed by atoms with Crippen molar-refractivity contribution >= 4 is 17.5 Å². The first-order valence-electron chi connectivity index (χ1n) is 7.16. The van der Waals surface area contributed by atoms with E-state index in [-0.39, 0.29) is 12.5 Å². The Labute approximate surface area is 123 Å². The summed E-state index contributed by atoms with van der Waals surface area (Å²) in [6.07, 6.45) is 0.508. The molecule has 1 saturated heterocycles. The number of rotatable bonds is 5. The maximum atomic E-state index is 14.3. The highest BCUT2D eigenvalue weighted by atomic mass is 19.1. The fourth-order valence-corrected chi connectivity index (χ4v) is 2.59. The summed E-state index contributed by atoms with van der Waals surface area (Å²) in [4.78, 5) is 25.2. The number of amides is 2. The fraction of sp³-hybridized carbons (Fsp3) is 0.467. The topological polar surface area (TPSA) is 61.4 Å². The Morgan fingerprint density at radius 1 is 1.38 bits per heavy atom. The third kappa shape index (κ3) is 3.21. The molecule has 1 fully saturated rings. The Hall–Kier alpha value is -1.95. The summed E-state index contributed by atoms with van der Waals surface area (Å²) < 4.78 is 14.3. The van der Waals surface area contributed by atoms with Crippen molar-refractivity contribution in [3.63, 3.8) is 0 Å². The number of nitrogens with zero attached hydrogens (tertiary/aromatic N) is 1. The van der Waals surface area contributed by atoms with E-state index in [1.54, 1.807) is 11.0 Å². The molecule has 1 atom stereocenters. The van der Waals surface area contributed by atoms with E-state index >= 15 is 0 Å². The summed E-state index contributed by atoms with van der Waals surface area (Å²) in [5.74, 6) is -1.18. The first kappa shape index (κ1) is 15.4. The second-order valence-corrected chi connectivity index (χ2v) is 4.99. The maximum absolute atomic E-state index is 14.3. The first-order chi connectivity index (χ1) is 10.1. The van der Waals surface area contributed by atoms with Gasteiger partial charge in [0.05, 0.1) is 12.2 Å². The lowest BCUT2D eigenvalue weighted by atomic mass is 10.0. The number of halogens is 1. The minimum atomic E-state index is -0.528. The summed E-state index contributed by atoms with van der Waals surface area (Å²) in [6.45, 7) is 5.05. The van der Waals surface area contributed by atoms with Crippen molar-refractivity contribution in [2.24, 2.45) is 0 Å². The maximum Gasteiger partial charge on any atom is 0.249 e. The molecule has 2 N–H and O–H groups in total. The van der Waals surface area contributed by atoms with Crippen LogP contribution in [0.15, 0.2) is 18.2 Å². The Kier molecular flexibility index (Phi) is 4.90. The number of nitrogens with one attached hydrogen (secondary N) is 2. The number of carbonyl (C=O) groups is 2. The normalized spacial score (nSPS) is 18.8. The zero-order valence-corrected chi connectivity index (χ0v) is 12.3. The van der Waals surface area contributed by atoms with Crippen LogP contribution in [0.4, 0.5) is 10.1 Å². The van der Waals surface area contributed by atoms with E-state index in [2.05, 4.69) is 10.6 Å². The van der Waals surface area contributed by atoms with Gasteiger partial charge in [-0.1, -0.05) is 26.0 Å². The van der Waals surface area contributed by atoms with Crippen molar-refractivity contribution < 1.29 is 14.0 Å². The van der Waals surface area contributed by atoms with Crippen LogP contribution in [0.3, 0.4) is 0 Å². The van der Waals surface area contributed by atoms with Crippen LogP contribution in [-0.2, 0) is 16.1 Å². The number of benzene rings is 1. The molecule has 2 rings (SSSR count). The van der Waals surface area contributed by atoms with E-state index in [1.807, 2.05) is 19.9 Å². The zero-order chi connectivity index (χ0) is 15.4. The lowest BCUT2D eigenvalue weighted by Crippen LogP contribution is -2.58. The quantitative estimate of drug-likeness (QED) is 0.800. The highest BCUT2D eigenvalue weighted by Gasteiger charge is 2.34. The molecule has 5 nitrogen and oxygen atoms in total. The van der Waals surface area contributed by atoms with Crippen LogP contribution in [0.1, 0.15) is 25.8 Å². The number of imide groups is 1. The van der Waals surface area contributed by atoms with Crippen molar-refractivity contribution in [3.8, 4) is 0 Å². The standard InChI is InChI=1S/C15H20FN3O2/c1-3-12-15(21)18-13(20)9-19(12)14-10(8-17-4-2)6-5-7-11(14)16/h5-7,12,17H,3-4,8-9H2,1-2H3,(H,18,20,21). The minimum absolute atomic E-state index is 0.00962. The van der Waals surface area contributed by atoms with E-state index in [0.717, 1.165) is 12.1 Å². The molecule has 1 unspecified atom stereocenters. The SMILES string of the molecule is CCNCc1cccc(F)c1N1CC(=O)NC(=O)C1CC. The Morgan fingerprint density at radius 3 is 2.81 bits per heavy atom. The van der Waals surface area contributed by atoms with Gasteiger partial charge in [-0.15, -0.1) is 0 Å². The molecule has 114 valence electrons. The van der Waals surface area contributed by atoms with Crippen LogP contribution < -0.4 is 15.5 Å². The third-order valence-electron chi connectivity index (χ3n) is 3.57. The van der Waals surface area contributed by atoms with E-state index < -0.39 is 17.8 Å². The molecule has 0 bridgehead atoms. The predicted molar refractivity (Wildman–Crippen MR) is 78.4 cm³/mol. The fourth-order valence-electron chi connectivity index (χ4n) is 2.59. The molecule has 0 saturated carbocycles. The van der Waals surface area contributed by atoms with Gasteiger partial charge in [-0.05, 0) is 24.6 Å². The summed E-state index contributed by atoms with van der Waals surface area (Å²) in [5, 5.41) is 5.45. The third-order valence-corrected chi connectivity index (χ3v) is 3.57. The van der Waals surface area contributed by atoms with Gasteiger partial charge in [0.1, 0.15) is 11.9 Å². The lowest BCUT2D eigenvalue weighted by Gasteiger charge is -2.36.